The van der Waals surface area contributed by atoms with Crippen molar-refractivity contribution >= 4 is 27.6 Å². The quantitative estimate of drug-likeness (QED) is 0.457. The second kappa shape index (κ2) is 7.76. The zero-order valence-electron chi connectivity index (χ0n) is 15.3. The Balaban J connectivity index is 2.05. The van der Waals surface area contributed by atoms with E-state index in [2.05, 4.69) is 77.7 Å². The molecule has 0 bridgehead atoms. The number of nitrogens with zero attached hydrogens (tertiary/aromatic N) is 2. The van der Waals surface area contributed by atoms with Gasteiger partial charge in [0.1, 0.15) is 0 Å². The summed E-state index contributed by atoms with van der Waals surface area (Å²) in [6, 6.07) is 21.0. The van der Waals surface area contributed by atoms with Crippen molar-refractivity contribution in [3.05, 3.63) is 87.1 Å². The maximum Gasteiger partial charge on any atom is 0.0998 e. The molecule has 0 saturated heterocycles. The topological polar surface area (TPSA) is 28.7 Å². The Kier molecular flexibility index (Phi) is 5.44. The van der Waals surface area contributed by atoms with Crippen LogP contribution in [0.3, 0.4) is 0 Å². The third kappa shape index (κ3) is 3.66. The van der Waals surface area contributed by atoms with Crippen molar-refractivity contribution in [2.75, 3.05) is 0 Å². The molecule has 0 N–H and O–H groups in total. The first-order valence-corrected chi connectivity index (χ1v) is 9.48. The largest absolute Gasteiger partial charge is 0.318 e. The van der Waals surface area contributed by atoms with Gasteiger partial charge in [0, 0.05) is 21.5 Å². The second-order valence-electron chi connectivity index (χ2n) is 6.36. The third-order valence-corrected chi connectivity index (χ3v) is 5.12. The number of halogens is 1. The first kappa shape index (κ1) is 18.2. The summed E-state index contributed by atoms with van der Waals surface area (Å²) >= 11 is 3.48. The maximum absolute atomic E-state index is 9.63. The molecule has 0 unspecified atom stereocenters. The summed E-state index contributed by atoms with van der Waals surface area (Å²) in [4.78, 5) is 0. The van der Waals surface area contributed by atoms with Crippen LogP contribution in [-0.4, -0.2) is 4.57 Å². The molecule has 0 radical (unpaired) electrons. The molecule has 0 fully saturated rings. The van der Waals surface area contributed by atoms with E-state index in [1.807, 2.05) is 30.3 Å². The van der Waals surface area contributed by atoms with Gasteiger partial charge in [-0.05, 0) is 73.4 Å². The van der Waals surface area contributed by atoms with E-state index in [1.54, 1.807) is 0 Å². The molecule has 0 aliphatic carbocycles. The molecular weight excluding hydrogens is 384 g/mol. The van der Waals surface area contributed by atoms with E-state index in [9.17, 15) is 5.26 Å². The predicted molar refractivity (Wildman–Crippen MR) is 112 cm³/mol. The van der Waals surface area contributed by atoms with E-state index >= 15 is 0 Å². The number of nitriles is 1. The lowest BCUT2D eigenvalue weighted by Gasteiger charge is -2.10. The van der Waals surface area contributed by atoms with Gasteiger partial charge >= 0.3 is 0 Å². The fourth-order valence-corrected chi connectivity index (χ4v) is 3.60. The molecule has 1 aromatic heterocycles. The van der Waals surface area contributed by atoms with Gasteiger partial charge in [-0.3, -0.25) is 0 Å². The van der Waals surface area contributed by atoms with Gasteiger partial charge in [-0.1, -0.05) is 47.1 Å². The molecule has 0 amide bonds. The van der Waals surface area contributed by atoms with Crippen molar-refractivity contribution < 1.29 is 0 Å². The van der Waals surface area contributed by atoms with Crippen LogP contribution < -0.4 is 0 Å². The first-order valence-electron chi connectivity index (χ1n) is 8.69. The van der Waals surface area contributed by atoms with Gasteiger partial charge in [-0.25, -0.2) is 0 Å². The fourth-order valence-electron chi connectivity index (χ4n) is 3.20. The Labute approximate surface area is 163 Å². The minimum absolute atomic E-state index is 0.660. The standard InChI is InChI=1S/C23H21BrN2/c1-4-18-8-10-23(11-9-18)26-16(2)12-20(17(26)3)13-21(15-25)19-6-5-7-22(24)14-19/h5-14H,4H2,1-3H3/b21-13-. The fraction of sp³-hybridized carbons (Fsp3) is 0.174. The highest BCUT2D eigenvalue weighted by Crippen LogP contribution is 2.26. The number of aromatic nitrogens is 1. The van der Waals surface area contributed by atoms with Crippen LogP contribution in [0.5, 0.6) is 0 Å². The van der Waals surface area contributed by atoms with E-state index in [0.717, 1.165) is 39.1 Å². The molecule has 0 saturated carbocycles. The second-order valence-corrected chi connectivity index (χ2v) is 7.28. The Morgan fingerprint density at radius 3 is 2.46 bits per heavy atom. The van der Waals surface area contributed by atoms with Gasteiger partial charge in [0.05, 0.1) is 11.6 Å². The van der Waals surface area contributed by atoms with Crippen LogP contribution in [0.2, 0.25) is 0 Å². The number of hydrogen-bond donors (Lipinski definition) is 0. The number of rotatable bonds is 4. The average molecular weight is 405 g/mol. The Morgan fingerprint density at radius 2 is 1.85 bits per heavy atom. The molecule has 2 nitrogen and oxygen atoms in total. The molecule has 3 heteroatoms. The molecule has 26 heavy (non-hydrogen) atoms. The molecule has 0 aliphatic rings. The molecule has 3 aromatic rings. The van der Waals surface area contributed by atoms with Crippen LogP contribution in [-0.2, 0) is 6.42 Å². The summed E-state index contributed by atoms with van der Waals surface area (Å²) in [5, 5.41) is 9.63. The molecule has 0 aliphatic heterocycles. The third-order valence-electron chi connectivity index (χ3n) is 4.63. The van der Waals surface area contributed by atoms with Crippen LogP contribution >= 0.6 is 15.9 Å². The predicted octanol–water partition coefficient (Wildman–Crippen LogP) is 6.48. The van der Waals surface area contributed by atoms with Gasteiger partial charge < -0.3 is 4.57 Å². The monoisotopic (exact) mass is 404 g/mol. The van der Waals surface area contributed by atoms with Gasteiger partial charge in [0.25, 0.3) is 0 Å². The van der Waals surface area contributed by atoms with Crippen molar-refractivity contribution in [3.8, 4) is 11.8 Å². The van der Waals surface area contributed by atoms with E-state index in [4.69, 9.17) is 0 Å². The van der Waals surface area contributed by atoms with Crippen LogP contribution in [0.1, 0.15) is 35.0 Å². The van der Waals surface area contributed by atoms with Gasteiger partial charge in [-0.15, -0.1) is 0 Å². The smallest absolute Gasteiger partial charge is 0.0998 e. The van der Waals surface area contributed by atoms with Crippen molar-refractivity contribution in [3.63, 3.8) is 0 Å². The Morgan fingerprint density at radius 1 is 1.12 bits per heavy atom. The van der Waals surface area contributed by atoms with E-state index in [0.29, 0.717) is 5.57 Å². The molecule has 3 rings (SSSR count). The number of aryl methyl sites for hydroxylation is 2. The van der Waals surface area contributed by atoms with Crippen molar-refractivity contribution in [1.29, 1.82) is 5.26 Å². The highest BCUT2D eigenvalue weighted by molar-refractivity contribution is 9.10. The summed E-state index contributed by atoms with van der Waals surface area (Å²) in [5.74, 6) is 0. The number of benzene rings is 2. The SMILES string of the molecule is CCc1ccc(-n2c(C)cc(/C=C(/C#N)c3cccc(Br)c3)c2C)cc1. The van der Waals surface area contributed by atoms with Gasteiger partial charge in [0.2, 0.25) is 0 Å². The number of hydrogen-bond acceptors (Lipinski definition) is 1. The molecule has 0 spiro atoms. The molecule has 0 atom stereocenters. The minimum atomic E-state index is 0.660. The summed E-state index contributed by atoms with van der Waals surface area (Å²) in [6.07, 6.45) is 3.01. The first-order chi connectivity index (χ1) is 12.5. The summed E-state index contributed by atoms with van der Waals surface area (Å²) < 4.78 is 3.21. The normalized spacial score (nSPS) is 11.4. The summed E-state index contributed by atoms with van der Waals surface area (Å²) in [6.45, 7) is 6.36. The molecule has 130 valence electrons. The van der Waals surface area contributed by atoms with E-state index in [-0.39, 0.29) is 0 Å². The highest BCUT2D eigenvalue weighted by Gasteiger charge is 2.11. The van der Waals surface area contributed by atoms with Crippen LogP contribution in [0.4, 0.5) is 0 Å². The average Bonchev–Trinajstić information content (AvgIpc) is 2.93. The maximum atomic E-state index is 9.63. The zero-order valence-corrected chi connectivity index (χ0v) is 16.8. The van der Waals surface area contributed by atoms with Crippen LogP contribution in [0.25, 0.3) is 17.3 Å². The van der Waals surface area contributed by atoms with Gasteiger partial charge in [0.15, 0.2) is 0 Å². The lowest BCUT2D eigenvalue weighted by molar-refractivity contribution is 0.961. The Bertz CT molecular complexity index is 1000. The molecule has 2 aromatic carbocycles. The van der Waals surface area contributed by atoms with Crippen molar-refractivity contribution in [1.82, 2.24) is 4.57 Å². The van der Waals surface area contributed by atoms with E-state index < -0.39 is 0 Å². The number of allylic oxidation sites excluding steroid dienone is 1. The van der Waals surface area contributed by atoms with Gasteiger partial charge in [-0.2, -0.15) is 5.26 Å². The summed E-state index contributed by atoms with van der Waals surface area (Å²) in [7, 11) is 0. The molecule has 1 heterocycles. The Hall–Kier alpha value is -2.57. The highest BCUT2D eigenvalue weighted by atomic mass is 79.9. The van der Waals surface area contributed by atoms with Crippen molar-refractivity contribution in [2.45, 2.75) is 27.2 Å². The zero-order chi connectivity index (χ0) is 18.7. The lowest BCUT2D eigenvalue weighted by Crippen LogP contribution is -1.99. The van der Waals surface area contributed by atoms with Crippen molar-refractivity contribution in [2.24, 2.45) is 0 Å². The lowest BCUT2D eigenvalue weighted by atomic mass is 10.0. The van der Waals surface area contributed by atoms with E-state index in [1.165, 1.54) is 5.56 Å². The molecular formula is C23H21BrN2. The van der Waals surface area contributed by atoms with Crippen LogP contribution in [0.15, 0.2) is 59.1 Å². The minimum Gasteiger partial charge on any atom is -0.318 e. The van der Waals surface area contributed by atoms with Crippen LogP contribution in [0, 0.1) is 25.2 Å². The summed E-state index contributed by atoms with van der Waals surface area (Å²) in [5.41, 5.74) is 7.42.